The smallest absolute Gasteiger partial charge is 0.225 e. The van der Waals surface area contributed by atoms with E-state index in [1.54, 1.807) is 7.11 Å². The Morgan fingerprint density at radius 1 is 1.50 bits per heavy atom. The Labute approximate surface area is 95.6 Å². The van der Waals surface area contributed by atoms with E-state index >= 15 is 0 Å². The summed E-state index contributed by atoms with van der Waals surface area (Å²) in [5.74, 6) is 2.40. The molecular formula is C11H18N4O. The highest BCUT2D eigenvalue weighted by molar-refractivity contribution is 5.44. The normalized spacial score (nSPS) is 15.6. The van der Waals surface area contributed by atoms with E-state index in [1.807, 2.05) is 13.1 Å². The van der Waals surface area contributed by atoms with Gasteiger partial charge in [0.05, 0.1) is 7.11 Å². The summed E-state index contributed by atoms with van der Waals surface area (Å²) in [5, 5.41) is 0. The first-order valence-electron chi connectivity index (χ1n) is 5.58. The largest absolute Gasteiger partial charge is 0.481 e. The molecule has 1 fully saturated rings. The zero-order valence-corrected chi connectivity index (χ0v) is 9.81. The van der Waals surface area contributed by atoms with Gasteiger partial charge in [-0.15, -0.1) is 0 Å². The number of hydrogen-bond acceptors (Lipinski definition) is 5. The molecule has 0 saturated heterocycles. The number of nitrogens with zero attached hydrogens (tertiary/aromatic N) is 3. The number of nitrogens with two attached hydrogens (primary N) is 1. The topological polar surface area (TPSA) is 64.3 Å². The molecule has 1 aromatic rings. The molecule has 0 aromatic carbocycles. The second kappa shape index (κ2) is 4.55. The summed E-state index contributed by atoms with van der Waals surface area (Å²) in [7, 11) is 3.61. The molecule has 0 radical (unpaired) electrons. The van der Waals surface area contributed by atoms with Crippen molar-refractivity contribution in [3.05, 3.63) is 6.07 Å². The van der Waals surface area contributed by atoms with E-state index in [-0.39, 0.29) is 5.95 Å². The second-order valence-electron chi connectivity index (χ2n) is 4.30. The summed E-state index contributed by atoms with van der Waals surface area (Å²) in [4.78, 5) is 10.3. The highest BCUT2D eigenvalue weighted by Crippen LogP contribution is 2.28. The zero-order chi connectivity index (χ0) is 11.5. The molecule has 16 heavy (non-hydrogen) atoms. The number of nitrogen functional groups attached to an aromatic ring is 1. The average Bonchev–Trinajstić information content (AvgIpc) is 2.22. The molecule has 1 heterocycles. The number of rotatable bonds is 4. The number of hydrogen-bond donors (Lipinski definition) is 1. The van der Waals surface area contributed by atoms with Crippen molar-refractivity contribution in [2.45, 2.75) is 19.3 Å². The van der Waals surface area contributed by atoms with Gasteiger partial charge in [-0.05, 0) is 18.8 Å². The lowest BCUT2D eigenvalue weighted by atomic mass is 9.85. The minimum atomic E-state index is 0.259. The third-order valence-electron chi connectivity index (χ3n) is 3.06. The van der Waals surface area contributed by atoms with Crippen molar-refractivity contribution >= 4 is 11.8 Å². The van der Waals surface area contributed by atoms with Gasteiger partial charge in [0.1, 0.15) is 5.82 Å². The summed E-state index contributed by atoms with van der Waals surface area (Å²) in [6, 6.07) is 1.81. The van der Waals surface area contributed by atoms with E-state index in [4.69, 9.17) is 10.5 Å². The van der Waals surface area contributed by atoms with Crippen molar-refractivity contribution in [3.63, 3.8) is 0 Å². The van der Waals surface area contributed by atoms with E-state index in [1.165, 1.54) is 19.3 Å². The van der Waals surface area contributed by atoms with E-state index in [9.17, 15) is 0 Å². The molecule has 2 N–H and O–H groups in total. The van der Waals surface area contributed by atoms with E-state index < -0.39 is 0 Å². The molecule has 0 bridgehead atoms. The van der Waals surface area contributed by atoms with Gasteiger partial charge in [0.2, 0.25) is 11.8 Å². The molecule has 0 amide bonds. The minimum absolute atomic E-state index is 0.259. The lowest BCUT2D eigenvalue weighted by molar-refractivity contribution is 0.321. The fraction of sp³-hybridized carbons (Fsp3) is 0.636. The monoisotopic (exact) mass is 222 g/mol. The first-order chi connectivity index (χ1) is 7.69. The number of methoxy groups -OCH3 is 1. The molecule has 1 aliphatic carbocycles. The molecule has 2 rings (SSSR count). The van der Waals surface area contributed by atoms with Crippen molar-refractivity contribution in [3.8, 4) is 5.88 Å². The van der Waals surface area contributed by atoms with Crippen LogP contribution in [0, 0.1) is 5.92 Å². The molecule has 1 aliphatic rings. The molecule has 0 unspecified atom stereocenters. The van der Waals surface area contributed by atoms with Gasteiger partial charge in [0.15, 0.2) is 0 Å². The maximum absolute atomic E-state index is 5.62. The summed E-state index contributed by atoms with van der Waals surface area (Å²) in [5.41, 5.74) is 5.62. The Bertz CT molecular complexity index is 365. The minimum Gasteiger partial charge on any atom is -0.481 e. The third-order valence-corrected chi connectivity index (χ3v) is 3.06. The lowest BCUT2D eigenvalue weighted by Gasteiger charge is -2.30. The molecule has 0 spiro atoms. The molecule has 0 aliphatic heterocycles. The molecular weight excluding hydrogens is 204 g/mol. The quantitative estimate of drug-likeness (QED) is 0.832. The fourth-order valence-corrected chi connectivity index (χ4v) is 1.89. The summed E-state index contributed by atoms with van der Waals surface area (Å²) in [6.07, 6.45) is 4.00. The van der Waals surface area contributed by atoms with Crippen molar-refractivity contribution in [1.82, 2.24) is 9.97 Å². The van der Waals surface area contributed by atoms with Gasteiger partial charge in [0, 0.05) is 19.7 Å². The van der Waals surface area contributed by atoms with Gasteiger partial charge in [-0.3, -0.25) is 0 Å². The SMILES string of the molecule is COc1cc(N(C)CC2CCC2)nc(N)n1. The highest BCUT2D eigenvalue weighted by Gasteiger charge is 2.20. The Morgan fingerprint density at radius 2 is 2.25 bits per heavy atom. The van der Waals surface area contributed by atoms with Crippen LogP contribution in [0.4, 0.5) is 11.8 Å². The standard InChI is InChI=1S/C11H18N4O/c1-15(7-8-4-3-5-8)9-6-10(16-2)14-11(12)13-9/h6,8H,3-5,7H2,1-2H3,(H2,12,13,14). The van der Waals surface area contributed by atoms with Crippen LogP contribution in [0.15, 0.2) is 6.07 Å². The van der Waals surface area contributed by atoms with Crippen LogP contribution in [0.1, 0.15) is 19.3 Å². The van der Waals surface area contributed by atoms with Crippen molar-refractivity contribution in [1.29, 1.82) is 0 Å². The van der Waals surface area contributed by atoms with Gasteiger partial charge in [-0.25, -0.2) is 0 Å². The van der Waals surface area contributed by atoms with Gasteiger partial charge < -0.3 is 15.4 Å². The first kappa shape index (κ1) is 11.0. The van der Waals surface area contributed by atoms with Crippen LogP contribution < -0.4 is 15.4 Å². The predicted octanol–water partition coefficient (Wildman–Crippen LogP) is 1.30. The molecule has 5 nitrogen and oxygen atoms in total. The Hall–Kier alpha value is -1.52. The number of ether oxygens (including phenoxy) is 1. The lowest BCUT2D eigenvalue weighted by Crippen LogP contribution is -2.30. The van der Waals surface area contributed by atoms with E-state index in [2.05, 4.69) is 14.9 Å². The van der Waals surface area contributed by atoms with Crippen LogP contribution in [0.2, 0.25) is 0 Å². The predicted molar refractivity (Wildman–Crippen MR) is 63.6 cm³/mol. The Morgan fingerprint density at radius 3 is 2.81 bits per heavy atom. The Kier molecular flexibility index (Phi) is 3.12. The summed E-state index contributed by atoms with van der Waals surface area (Å²) >= 11 is 0. The fourth-order valence-electron chi connectivity index (χ4n) is 1.89. The van der Waals surface area contributed by atoms with E-state index in [0.29, 0.717) is 5.88 Å². The van der Waals surface area contributed by atoms with Crippen molar-refractivity contribution in [2.24, 2.45) is 5.92 Å². The molecule has 1 saturated carbocycles. The van der Waals surface area contributed by atoms with Gasteiger partial charge in [-0.2, -0.15) is 9.97 Å². The van der Waals surface area contributed by atoms with Gasteiger partial charge in [-0.1, -0.05) is 6.42 Å². The van der Waals surface area contributed by atoms with Crippen LogP contribution >= 0.6 is 0 Å². The summed E-state index contributed by atoms with van der Waals surface area (Å²) < 4.78 is 5.07. The van der Waals surface area contributed by atoms with Crippen molar-refractivity contribution in [2.75, 3.05) is 31.3 Å². The van der Waals surface area contributed by atoms with Gasteiger partial charge in [0.25, 0.3) is 0 Å². The van der Waals surface area contributed by atoms with Crippen LogP contribution in [-0.2, 0) is 0 Å². The highest BCUT2D eigenvalue weighted by atomic mass is 16.5. The first-order valence-corrected chi connectivity index (χ1v) is 5.58. The zero-order valence-electron chi connectivity index (χ0n) is 9.81. The maximum atomic E-state index is 5.62. The van der Waals surface area contributed by atoms with Crippen LogP contribution in [0.3, 0.4) is 0 Å². The molecule has 0 atom stereocenters. The average molecular weight is 222 g/mol. The maximum Gasteiger partial charge on any atom is 0.225 e. The van der Waals surface area contributed by atoms with Crippen molar-refractivity contribution < 1.29 is 4.74 Å². The molecule has 5 heteroatoms. The molecule has 1 aromatic heterocycles. The summed E-state index contributed by atoms with van der Waals surface area (Å²) in [6.45, 7) is 1.03. The number of anilines is 2. The second-order valence-corrected chi connectivity index (χ2v) is 4.30. The molecule has 88 valence electrons. The van der Waals surface area contributed by atoms with Gasteiger partial charge >= 0.3 is 0 Å². The van der Waals surface area contributed by atoms with E-state index in [0.717, 1.165) is 18.3 Å². The third kappa shape index (κ3) is 2.35. The number of aromatic nitrogens is 2. The van der Waals surface area contributed by atoms with Crippen LogP contribution in [-0.4, -0.2) is 30.7 Å². The van der Waals surface area contributed by atoms with Crippen LogP contribution in [0.5, 0.6) is 5.88 Å². The Balaban J connectivity index is 2.08. The van der Waals surface area contributed by atoms with Crippen LogP contribution in [0.25, 0.3) is 0 Å².